The van der Waals surface area contributed by atoms with Gasteiger partial charge in [0.1, 0.15) is 0 Å². The van der Waals surface area contributed by atoms with Crippen LogP contribution >= 0.6 is 15.9 Å². The van der Waals surface area contributed by atoms with E-state index in [9.17, 15) is 8.42 Å². The molecule has 0 aromatic heterocycles. The highest BCUT2D eigenvalue weighted by Crippen LogP contribution is 2.46. The van der Waals surface area contributed by atoms with Crippen molar-refractivity contribution in [3.05, 3.63) is 22.2 Å². The molecule has 0 aliphatic carbocycles. The fraction of sp³-hybridized carbons (Fsp3) is 0.455. The van der Waals surface area contributed by atoms with Gasteiger partial charge in [0.2, 0.25) is 10.0 Å². The molecule has 2 rings (SSSR count). The van der Waals surface area contributed by atoms with Crippen LogP contribution in [-0.4, -0.2) is 21.2 Å². The van der Waals surface area contributed by atoms with Gasteiger partial charge in [-0.25, -0.2) is 8.42 Å². The van der Waals surface area contributed by atoms with Crippen molar-refractivity contribution < 1.29 is 8.42 Å². The number of fused-ring (bicyclic) bond motifs is 1. The molecule has 0 unspecified atom stereocenters. The van der Waals surface area contributed by atoms with Gasteiger partial charge in [0, 0.05) is 16.4 Å². The van der Waals surface area contributed by atoms with E-state index in [1.807, 2.05) is 19.9 Å². The summed E-state index contributed by atoms with van der Waals surface area (Å²) >= 11 is 3.39. The van der Waals surface area contributed by atoms with Crippen LogP contribution in [0.1, 0.15) is 19.4 Å². The topological polar surface area (TPSA) is 63.4 Å². The van der Waals surface area contributed by atoms with Crippen LogP contribution in [0.5, 0.6) is 0 Å². The van der Waals surface area contributed by atoms with Gasteiger partial charge in [-0.2, -0.15) is 0 Å². The lowest BCUT2D eigenvalue weighted by atomic mass is 9.87. The lowest BCUT2D eigenvalue weighted by Crippen LogP contribution is -2.33. The second-order valence-corrected chi connectivity index (χ2v) is 7.87. The van der Waals surface area contributed by atoms with Gasteiger partial charge >= 0.3 is 0 Å². The lowest BCUT2D eigenvalue weighted by Gasteiger charge is -2.20. The van der Waals surface area contributed by atoms with Crippen LogP contribution in [0, 0.1) is 0 Å². The third-order valence-corrected chi connectivity index (χ3v) is 4.59. The van der Waals surface area contributed by atoms with Crippen LogP contribution < -0.4 is 10.0 Å². The Bertz CT molecular complexity index is 581. The van der Waals surface area contributed by atoms with E-state index in [1.54, 1.807) is 6.07 Å². The third kappa shape index (κ3) is 2.04. The lowest BCUT2D eigenvalue weighted by molar-refractivity contribution is 0.557. The molecular formula is C11H15BrN2O2S. The molecule has 0 bridgehead atoms. The van der Waals surface area contributed by atoms with Crippen molar-refractivity contribution in [2.24, 2.45) is 0 Å². The molecule has 0 amide bonds. The van der Waals surface area contributed by atoms with Gasteiger partial charge in [0.15, 0.2) is 0 Å². The minimum atomic E-state index is -3.28. The number of nitrogens with zero attached hydrogens (tertiary/aromatic N) is 1. The Kier molecular flexibility index (Phi) is 2.70. The molecule has 94 valence electrons. The molecule has 1 aliphatic heterocycles. The molecule has 1 aliphatic rings. The predicted molar refractivity (Wildman–Crippen MR) is 73.8 cm³/mol. The highest BCUT2D eigenvalue weighted by Gasteiger charge is 2.40. The largest absolute Gasteiger partial charge is 0.397 e. The second-order valence-electron chi connectivity index (χ2n) is 5.04. The maximum atomic E-state index is 11.8. The van der Waals surface area contributed by atoms with E-state index in [1.165, 1.54) is 10.6 Å². The Morgan fingerprint density at radius 2 is 2.00 bits per heavy atom. The van der Waals surface area contributed by atoms with Crippen molar-refractivity contribution in [2.45, 2.75) is 19.3 Å². The molecule has 0 saturated carbocycles. The SMILES string of the molecule is CC1(C)CN(S(C)(=O)=O)c2c(N)cc(Br)cc21. The number of nitrogen functional groups attached to an aromatic ring is 1. The number of benzene rings is 1. The molecule has 0 radical (unpaired) electrons. The predicted octanol–water partition coefficient (Wildman–Crippen LogP) is 2.09. The number of hydrogen-bond acceptors (Lipinski definition) is 3. The van der Waals surface area contributed by atoms with E-state index in [-0.39, 0.29) is 5.41 Å². The van der Waals surface area contributed by atoms with Crippen LogP contribution in [0.25, 0.3) is 0 Å². The summed E-state index contributed by atoms with van der Waals surface area (Å²) in [7, 11) is -3.28. The molecule has 0 saturated heterocycles. The Labute approximate surface area is 110 Å². The Balaban J connectivity index is 2.74. The van der Waals surface area contributed by atoms with E-state index in [2.05, 4.69) is 15.9 Å². The van der Waals surface area contributed by atoms with E-state index < -0.39 is 10.0 Å². The van der Waals surface area contributed by atoms with Crippen LogP contribution in [0.2, 0.25) is 0 Å². The van der Waals surface area contributed by atoms with E-state index in [0.717, 1.165) is 10.0 Å². The summed E-state index contributed by atoms with van der Waals surface area (Å²) < 4.78 is 25.8. The van der Waals surface area contributed by atoms with Crippen molar-refractivity contribution in [3.8, 4) is 0 Å². The fourth-order valence-electron chi connectivity index (χ4n) is 2.22. The summed E-state index contributed by atoms with van der Waals surface area (Å²) in [6, 6.07) is 3.68. The fourth-order valence-corrected chi connectivity index (χ4v) is 3.79. The standard InChI is InChI=1S/C11H15BrN2O2S/c1-11(2)6-14(17(3,15)16)10-8(11)4-7(12)5-9(10)13/h4-5H,6,13H2,1-3H3. The normalized spacial score (nSPS) is 18.2. The average molecular weight is 319 g/mol. The van der Waals surface area contributed by atoms with Gasteiger partial charge in [0.05, 0.1) is 17.6 Å². The number of rotatable bonds is 1. The van der Waals surface area contributed by atoms with Gasteiger partial charge in [-0.3, -0.25) is 4.31 Å². The first-order valence-corrected chi connectivity index (χ1v) is 7.84. The number of halogens is 1. The minimum absolute atomic E-state index is 0.226. The molecule has 4 nitrogen and oxygen atoms in total. The Hall–Kier alpha value is -0.750. The smallest absolute Gasteiger partial charge is 0.232 e. The maximum Gasteiger partial charge on any atom is 0.232 e. The average Bonchev–Trinajstić information content (AvgIpc) is 2.38. The van der Waals surface area contributed by atoms with Gasteiger partial charge in [-0.05, 0) is 17.7 Å². The summed E-state index contributed by atoms with van der Waals surface area (Å²) in [5.41, 5.74) is 7.80. The molecule has 0 spiro atoms. The first-order chi connectivity index (χ1) is 7.63. The summed E-state index contributed by atoms with van der Waals surface area (Å²) in [4.78, 5) is 0. The van der Waals surface area contributed by atoms with Gasteiger partial charge in [-0.1, -0.05) is 29.8 Å². The maximum absolute atomic E-state index is 11.8. The van der Waals surface area contributed by atoms with Crippen LogP contribution in [0.3, 0.4) is 0 Å². The molecule has 6 heteroatoms. The van der Waals surface area contributed by atoms with E-state index in [0.29, 0.717) is 17.9 Å². The van der Waals surface area contributed by atoms with Crippen molar-refractivity contribution in [1.82, 2.24) is 0 Å². The van der Waals surface area contributed by atoms with Crippen LogP contribution in [0.4, 0.5) is 11.4 Å². The Morgan fingerprint density at radius 3 is 2.53 bits per heavy atom. The van der Waals surface area contributed by atoms with Crippen molar-refractivity contribution in [3.63, 3.8) is 0 Å². The summed E-state index contributed by atoms with van der Waals surface area (Å²) in [5.74, 6) is 0. The molecule has 1 aromatic carbocycles. The molecule has 2 N–H and O–H groups in total. The second kappa shape index (κ2) is 3.62. The first kappa shape index (κ1) is 12.7. The number of anilines is 2. The zero-order chi connectivity index (χ0) is 13.0. The molecule has 1 aromatic rings. The number of sulfonamides is 1. The zero-order valence-electron chi connectivity index (χ0n) is 9.99. The highest BCUT2D eigenvalue weighted by molar-refractivity contribution is 9.10. The third-order valence-electron chi connectivity index (χ3n) is 3.02. The first-order valence-electron chi connectivity index (χ1n) is 5.20. The summed E-state index contributed by atoms with van der Waals surface area (Å²) in [5, 5.41) is 0. The van der Waals surface area contributed by atoms with E-state index >= 15 is 0 Å². The molecule has 17 heavy (non-hydrogen) atoms. The van der Waals surface area contributed by atoms with Crippen molar-refractivity contribution in [2.75, 3.05) is 22.8 Å². The number of nitrogens with two attached hydrogens (primary N) is 1. The summed E-state index contributed by atoms with van der Waals surface area (Å²) in [6.45, 7) is 4.47. The quantitative estimate of drug-likeness (QED) is 0.806. The van der Waals surface area contributed by atoms with Gasteiger partial charge < -0.3 is 5.73 Å². The number of hydrogen-bond donors (Lipinski definition) is 1. The molecular weight excluding hydrogens is 304 g/mol. The monoisotopic (exact) mass is 318 g/mol. The van der Waals surface area contributed by atoms with Crippen molar-refractivity contribution >= 4 is 37.3 Å². The molecule has 1 heterocycles. The summed E-state index contributed by atoms with van der Waals surface area (Å²) in [6.07, 6.45) is 1.21. The van der Waals surface area contributed by atoms with Crippen molar-refractivity contribution in [1.29, 1.82) is 0 Å². The van der Waals surface area contributed by atoms with Crippen LogP contribution in [-0.2, 0) is 15.4 Å². The van der Waals surface area contributed by atoms with Crippen LogP contribution in [0.15, 0.2) is 16.6 Å². The Morgan fingerprint density at radius 1 is 1.41 bits per heavy atom. The van der Waals surface area contributed by atoms with Gasteiger partial charge in [-0.15, -0.1) is 0 Å². The van der Waals surface area contributed by atoms with Gasteiger partial charge in [0.25, 0.3) is 0 Å². The highest BCUT2D eigenvalue weighted by atomic mass is 79.9. The molecule has 0 fully saturated rings. The minimum Gasteiger partial charge on any atom is -0.397 e. The zero-order valence-corrected chi connectivity index (χ0v) is 12.4. The van der Waals surface area contributed by atoms with E-state index in [4.69, 9.17) is 5.73 Å². The molecule has 0 atom stereocenters.